The number of aliphatic imine (C=N–C) groups is 1. The van der Waals surface area contributed by atoms with Crippen LogP contribution >= 0.6 is 11.8 Å². The standard InChI is InChI=1S/C22H21FN2O3S/c1-4-8-15-11-14(12-18(20(15)26)28-5-2)13-19-21(27)25(3)22(29-19)24-17-10-7-6-9-16(17)23/h4,6-7,9-13,26H,1,5,8H2,2-3H3/b19-13+,24-22?. The minimum absolute atomic E-state index is 0.0678. The fourth-order valence-electron chi connectivity index (χ4n) is 2.80. The van der Waals surface area contributed by atoms with E-state index < -0.39 is 5.82 Å². The maximum atomic E-state index is 13.9. The molecule has 5 nitrogen and oxygen atoms in total. The van der Waals surface area contributed by atoms with Crippen LogP contribution < -0.4 is 4.74 Å². The predicted molar refractivity (Wildman–Crippen MR) is 115 cm³/mol. The number of ether oxygens (including phenoxy) is 1. The lowest BCUT2D eigenvalue weighted by Gasteiger charge is -2.11. The number of nitrogens with zero attached hydrogens (tertiary/aromatic N) is 2. The Balaban J connectivity index is 1.97. The van der Waals surface area contributed by atoms with E-state index in [1.54, 1.807) is 49.5 Å². The summed E-state index contributed by atoms with van der Waals surface area (Å²) < 4.78 is 19.4. The average molecular weight is 412 g/mol. The van der Waals surface area contributed by atoms with Crippen LogP contribution in [-0.4, -0.2) is 34.7 Å². The second-order valence-electron chi connectivity index (χ2n) is 6.27. The van der Waals surface area contributed by atoms with E-state index in [1.165, 1.54) is 22.7 Å². The van der Waals surface area contributed by atoms with Gasteiger partial charge in [-0.3, -0.25) is 9.69 Å². The van der Waals surface area contributed by atoms with Crippen molar-refractivity contribution in [2.24, 2.45) is 4.99 Å². The number of amides is 1. The summed E-state index contributed by atoms with van der Waals surface area (Å²) in [5, 5.41) is 10.7. The van der Waals surface area contributed by atoms with Crippen LogP contribution in [0.1, 0.15) is 18.1 Å². The number of benzene rings is 2. The third-order valence-corrected chi connectivity index (χ3v) is 5.27. The molecule has 0 spiro atoms. The smallest absolute Gasteiger partial charge is 0.266 e. The maximum Gasteiger partial charge on any atom is 0.266 e. The number of hydrogen-bond donors (Lipinski definition) is 1. The quantitative estimate of drug-likeness (QED) is 0.542. The van der Waals surface area contributed by atoms with Gasteiger partial charge in [0.15, 0.2) is 16.7 Å². The van der Waals surface area contributed by atoms with Gasteiger partial charge in [-0.1, -0.05) is 18.2 Å². The van der Waals surface area contributed by atoms with E-state index >= 15 is 0 Å². The fraction of sp³-hybridized carbons (Fsp3) is 0.182. The van der Waals surface area contributed by atoms with Crippen LogP contribution in [0.3, 0.4) is 0 Å². The monoisotopic (exact) mass is 412 g/mol. The zero-order valence-corrected chi connectivity index (χ0v) is 17.0. The van der Waals surface area contributed by atoms with Crippen molar-refractivity contribution >= 4 is 34.6 Å². The summed E-state index contributed by atoms with van der Waals surface area (Å²) in [6.07, 6.45) is 3.86. The van der Waals surface area contributed by atoms with Gasteiger partial charge < -0.3 is 9.84 Å². The number of likely N-dealkylation sites (N-methyl/N-ethyl adjacent to an activating group) is 1. The molecule has 7 heteroatoms. The summed E-state index contributed by atoms with van der Waals surface area (Å²) in [5.74, 6) is -0.268. The van der Waals surface area contributed by atoms with Crippen LogP contribution in [0.25, 0.3) is 6.08 Å². The van der Waals surface area contributed by atoms with Gasteiger partial charge in [-0.2, -0.15) is 0 Å². The zero-order valence-electron chi connectivity index (χ0n) is 16.2. The lowest BCUT2D eigenvalue weighted by Crippen LogP contribution is -2.23. The zero-order chi connectivity index (χ0) is 21.0. The first kappa shape index (κ1) is 20.7. The molecule has 0 radical (unpaired) electrons. The molecule has 1 aliphatic rings. The Morgan fingerprint density at radius 2 is 2.10 bits per heavy atom. The van der Waals surface area contributed by atoms with Gasteiger partial charge in [-0.25, -0.2) is 9.38 Å². The molecule has 0 unspecified atom stereocenters. The van der Waals surface area contributed by atoms with Crippen molar-refractivity contribution in [2.75, 3.05) is 13.7 Å². The van der Waals surface area contributed by atoms with Crippen molar-refractivity contribution in [3.63, 3.8) is 0 Å². The molecule has 1 heterocycles. The lowest BCUT2D eigenvalue weighted by atomic mass is 10.1. The Bertz CT molecular complexity index is 1020. The molecule has 0 saturated carbocycles. The van der Waals surface area contributed by atoms with E-state index in [-0.39, 0.29) is 17.3 Å². The molecule has 0 aliphatic carbocycles. The number of phenols is 1. The van der Waals surface area contributed by atoms with Gasteiger partial charge in [-0.05, 0) is 61.0 Å². The Hall–Kier alpha value is -3.06. The van der Waals surface area contributed by atoms with E-state index in [0.717, 1.165) is 0 Å². The van der Waals surface area contributed by atoms with Crippen LogP contribution in [0.2, 0.25) is 0 Å². The first-order valence-electron chi connectivity index (χ1n) is 9.05. The number of aromatic hydroxyl groups is 1. The van der Waals surface area contributed by atoms with Gasteiger partial charge in [0.2, 0.25) is 0 Å². The SMILES string of the molecule is C=CCc1cc(/C=C2/SC(=Nc3ccccc3F)N(C)C2=O)cc(OCC)c1O. The largest absolute Gasteiger partial charge is 0.504 e. The summed E-state index contributed by atoms with van der Waals surface area (Å²) in [6.45, 7) is 5.93. The number of hydrogen-bond acceptors (Lipinski definition) is 5. The van der Waals surface area contributed by atoms with E-state index in [1.807, 2.05) is 6.92 Å². The van der Waals surface area contributed by atoms with E-state index in [4.69, 9.17) is 4.74 Å². The highest BCUT2D eigenvalue weighted by Gasteiger charge is 2.30. The molecule has 0 atom stereocenters. The van der Waals surface area contributed by atoms with Crippen LogP contribution in [0.15, 0.2) is 59.0 Å². The molecule has 1 fully saturated rings. The number of carbonyl (C=O) groups is 1. The molecule has 150 valence electrons. The third kappa shape index (κ3) is 4.51. The van der Waals surface area contributed by atoms with Gasteiger partial charge in [-0.15, -0.1) is 6.58 Å². The van der Waals surface area contributed by atoms with Crippen molar-refractivity contribution in [3.8, 4) is 11.5 Å². The van der Waals surface area contributed by atoms with Gasteiger partial charge >= 0.3 is 0 Å². The highest BCUT2D eigenvalue weighted by molar-refractivity contribution is 8.18. The second kappa shape index (κ2) is 8.96. The summed E-state index contributed by atoms with van der Waals surface area (Å²) in [6, 6.07) is 9.62. The predicted octanol–water partition coefficient (Wildman–Crippen LogP) is 4.89. The highest BCUT2D eigenvalue weighted by Crippen LogP contribution is 2.37. The minimum atomic E-state index is -0.451. The Labute approximate surface area is 173 Å². The molecule has 0 aromatic heterocycles. The molecule has 1 N–H and O–H groups in total. The molecule has 29 heavy (non-hydrogen) atoms. The number of allylic oxidation sites excluding steroid dienone is 1. The fourth-order valence-corrected chi connectivity index (χ4v) is 3.78. The summed E-state index contributed by atoms with van der Waals surface area (Å²) in [7, 11) is 1.60. The van der Waals surface area contributed by atoms with Crippen LogP contribution in [0, 0.1) is 5.82 Å². The van der Waals surface area contributed by atoms with E-state index in [2.05, 4.69) is 11.6 Å². The summed E-state index contributed by atoms with van der Waals surface area (Å²) in [5.41, 5.74) is 1.54. The van der Waals surface area contributed by atoms with Crippen molar-refractivity contribution in [1.29, 1.82) is 0 Å². The first-order chi connectivity index (χ1) is 13.9. The van der Waals surface area contributed by atoms with Gasteiger partial charge in [0.05, 0.1) is 11.5 Å². The van der Waals surface area contributed by atoms with Crippen LogP contribution in [0.4, 0.5) is 10.1 Å². The second-order valence-corrected chi connectivity index (χ2v) is 7.28. The van der Waals surface area contributed by atoms with Gasteiger partial charge in [0.25, 0.3) is 5.91 Å². The van der Waals surface area contributed by atoms with Gasteiger partial charge in [0, 0.05) is 12.6 Å². The number of halogens is 1. The number of thioether (sulfide) groups is 1. The highest BCUT2D eigenvalue weighted by atomic mass is 32.2. The summed E-state index contributed by atoms with van der Waals surface area (Å²) in [4.78, 5) is 18.8. The molecule has 1 aliphatic heterocycles. The molecule has 2 aromatic rings. The van der Waals surface area contributed by atoms with E-state index in [0.29, 0.717) is 40.0 Å². The third-order valence-electron chi connectivity index (χ3n) is 4.21. The van der Waals surface area contributed by atoms with Crippen molar-refractivity contribution in [3.05, 3.63) is 70.9 Å². The lowest BCUT2D eigenvalue weighted by molar-refractivity contribution is -0.121. The van der Waals surface area contributed by atoms with Crippen molar-refractivity contribution in [2.45, 2.75) is 13.3 Å². The van der Waals surface area contributed by atoms with Crippen molar-refractivity contribution < 1.29 is 19.0 Å². The number of para-hydroxylation sites is 1. The topological polar surface area (TPSA) is 62.1 Å². The molecule has 2 aromatic carbocycles. The molecule has 0 bridgehead atoms. The molecular weight excluding hydrogens is 391 g/mol. The number of phenolic OH excluding ortho intramolecular Hbond substituents is 1. The van der Waals surface area contributed by atoms with Crippen LogP contribution in [0.5, 0.6) is 11.5 Å². The normalized spacial score (nSPS) is 16.7. The van der Waals surface area contributed by atoms with Crippen molar-refractivity contribution in [1.82, 2.24) is 4.90 Å². The number of rotatable bonds is 6. The number of carbonyl (C=O) groups excluding carboxylic acids is 1. The molecule has 1 saturated heterocycles. The van der Waals surface area contributed by atoms with Gasteiger partial charge in [0.1, 0.15) is 11.5 Å². The molecule has 1 amide bonds. The molecular formula is C22H21FN2O3S. The number of amidine groups is 1. The maximum absolute atomic E-state index is 13.9. The Kier molecular flexibility index (Phi) is 6.39. The minimum Gasteiger partial charge on any atom is -0.504 e. The first-order valence-corrected chi connectivity index (χ1v) is 9.86. The van der Waals surface area contributed by atoms with Crippen LogP contribution in [-0.2, 0) is 11.2 Å². The molecule has 3 rings (SSSR count). The Morgan fingerprint density at radius 1 is 1.34 bits per heavy atom. The Morgan fingerprint density at radius 3 is 2.79 bits per heavy atom. The average Bonchev–Trinajstić information content (AvgIpc) is 2.95. The van der Waals surface area contributed by atoms with E-state index in [9.17, 15) is 14.3 Å². The summed E-state index contributed by atoms with van der Waals surface area (Å²) >= 11 is 1.17.